The predicted octanol–water partition coefficient (Wildman–Crippen LogP) is 1.49. The van der Waals surface area contributed by atoms with Crippen molar-refractivity contribution in [1.82, 2.24) is 10.6 Å². The zero-order chi connectivity index (χ0) is 19.8. The van der Waals surface area contributed by atoms with Crippen molar-refractivity contribution in [1.29, 1.82) is 0 Å². The van der Waals surface area contributed by atoms with Gasteiger partial charge in [0, 0.05) is 25.2 Å². The highest BCUT2D eigenvalue weighted by Crippen LogP contribution is 2.10. The maximum Gasteiger partial charge on any atom is 0.237 e. The van der Waals surface area contributed by atoms with E-state index >= 15 is 0 Å². The Hall–Kier alpha value is -2.35. The van der Waals surface area contributed by atoms with Gasteiger partial charge in [0.15, 0.2) is 0 Å². The number of rotatable bonds is 9. The normalized spacial score (nSPS) is 14.4. The van der Waals surface area contributed by atoms with E-state index in [1.807, 2.05) is 30.3 Å². The Kier molecular flexibility index (Phi) is 7.84. The number of amides is 1. The number of hydrogen-bond donors (Lipinski definition) is 4. The summed E-state index contributed by atoms with van der Waals surface area (Å²) in [4.78, 5) is 12.1. The number of aliphatic hydroxyl groups excluding tert-OH is 1. The maximum atomic E-state index is 13.2. The number of carbonyl (C=O) groups is 1. The van der Waals surface area contributed by atoms with Crippen molar-refractivity contribution in [2.24, 2.45) is 5.73 Å². The summed E-state index contributed by atoms with van der Waals surface area (Å²) >= 11 is 0. The maximum absolute atomic E-state index is 13.2. The number of carbonyl (C=O) groups excluding carboxylic acids is 1. The number of benzene rings is 2. The van der Waals surface area contributed by atoms with E-state index in [1.165, 1.54) is 12.1 Å². The third kappa shape index (κ3) is 7.05. The molecule has 0 heterocycles. The molecule has 0 aliphatic heterocycles. The second-order valence-corrected chi connectivity index (χ2v) is 6.55. The van der Waals surface area contributed by atoms with Crippen molar-refractivity contribution in [2.75, 3.05) is 6.54 Å². The largest absolute Gasteiger partial charge is 0.390 e. The van der Waals surface area contributed by atoms with Crippen molar-refractivity contribution in [3.8, 4) is 0 Å². The van der Waals surface area contributed by atoms with Crippen LogP contribution in [0.1, 0.15) is 18.1 Å². The molecular formula is C20H25F2N3O2. The molecule has 0 bridgehead atoms. The van der Waals surface area contributed by atoms with Crippen LogP contribution in [-0.4, -0.2) is 35.7 Å². The van der Waals surface area contributed by atoms with Crippen LogP contribution in [0.5, 0.6) is 0 Å². The fraction of sp³-hybridized carbons (Fsp3) is 0.350. The van der Waals surface area contributed by atoms with Crippen LogP contribution in [0.4, 0.5) is 8.78 Å². The molecule has 0 spiro atoms. The van der Waals surface area contributed by atoms with Crippen molar-refractivity contribution in [2.45, 2.75) is 38.1 Å². The van der Waals surface area contributed by atoms with Gasteiger partial charge in [-0.1, -0.05) is 30.3 Å². The molecule has 0 saturated carbocycles. The van der Waals surface area contributed by atoms with Gasteiger partial charge in [-0.15, -0.1) is 0 Å². The standard InChI is InChI=1S/C20H25F2N3O2/c1-13(20(27)25-11-14-5-3-2-4-6-14)24-12-19(26)18(23)9-15-7-16(21)10-17(22)8-15/h2-8,10,13,18-19,24,26H,9,11-12,23H2,1H3,(H,25,27). The highest BCUT2D eigenvalue weighted by Gasteiger charge is 2.19. The molecule has 5 nitrogen and oxygen atoms in total. The van der Waals surface area contributed by atoms with Crippen LogP contribution in [0, 0.1) is 11.6 Å². The van der Waals surface area contributed by atoms with E-state index in [9.17, 15) is 18.7 Å². The van der Waals surface area contributed by atoms with Gasteiger partial charge in [-0.05, 0) is 36.6 Å². The Morgan fingerprint density at radius 1 is 1.11 bits per heavy atom. The van der Waals surface area contributed by atoms with E-state index in [1.54, 1.807) is 6.92 Å². The van der Waals surface area contributed by atoms with Crippen LogP contribution in [0.25, 0.3) is 0 Å². The molecule has 27 heavy (non-hydrogen) atoms. The van der Waals surface area contributed by atoms with E-state index in [-0.39, 0.29) is 18.9 Å². The average molecular weight is 377 g/mol. The Morgan fingerprint density at radius 2 is 1.74 bits per heavy atom. The summed E-state index contributed by atoms with van der Waals surface area (Å²) in [7, 11) is 0. The number of nitrogens with two attached hydrogens (primary N) is 1. The molecule has 7 heteroatoms. The fourth-order valence-electron chi connectivity index (χ4n) is 2.62. The highest BCUT2D eigenvalue weighted by molar-refractivity contribution is 5.81. The first-order chi connectivity index (χ1) is 12.8. The molecule has 0 saturated heterocycles. The molecule has 2 rings (SSSR count). The van der Waals surface area contributed by atoms with Crippen LogP contribution in [0.15, 0.2) is 48.5 Å². The smallest absolute Gasteiger partial charge is 0.237 e. The summed E-state index contributed by atoms with van der Waals surface area (Å²) in [6, 6.07) is 11.4. The van der Waals surface area contributed by atoms with Crippen LogP contribution in [0.2, 0.25) is 0 Å². The molecule has 0 fully saturated rings. The number of halogens is 2. The molecule has 0 aromatic heterocycles. The molecule has 3 unspecified atom stereocenters. The molecular weight excluding hydrogens is 352 g/mol. The molecule has 3 atom stereocenters. The van der Waals surface area contributed by atoms with Crippen molar-refractivity contribution < 1.29 is 18.7 Å². The third-order valence-electron chi connectivity index (χ3n) is 4.22. The van der Waals surface area contributed by atoms with Crippen molar-refractivity contribution in [3.05, 3.63) is 71.3 Å². The SMILES string of the molecule is CC(NCC(O)C(N)Cc1cc(F)cc(F)c1)C(=O)NCc1ccccc1. The first-order valence-electron chi connectivity index (χ1n) is 8.79. The molecule has 5 N–H and O–H groups in total. The highest BCUT2D eigenvalue weighted by atomic mass is 19.1. The lowest BCUT2D eigenvalue weighted by atomic mass is 10.0. The second-order valence-electron chi connectivity index (χ2n) is 6.55. The van der Waals surface area contributed by atoms with Crippen molar-refractivity contribution >= 4 is 5.91 Å². The van der Waals surface area contributed by atoms with Gasteiger partial charge < -0.3 is 21.5 Å². The quantitative estimate of drug-likeness (QED) is 0.533. The molecule has 1 amide bonds. The third-order valence-corrected chi connectivity index (χ3v) is 4.22. The van der Waals surface area contributed by atoms with Crippen LogP contribution in [-0.2, 0) is 17.8 Å². The van der Waals surface area contributed by atoms with E-state index in [0.29, 0.717) is 12.1 Å². The van der Waals surface area contributed by atoms with Crippen molar-refractivity contribution in [3.63, 3.8) is 0 Å². The van der Waals surface area contributed by atoms with Gasteiger partial charge in [-0.2, -0.15) is 0 Å². The second kappa shape index (κ2) is 10.1. The zero-order valence-electron chi connectivity index (χ0n) is 15.2. The molecule has 0 radical (unpaired) electrons. The van der Waals surface area contributed by atoms with Gasteiger partial charge >= 0.3 is 0 Å². The van der Waals surface area contributed by atoms with Gasteiger partial charge in [-0.3, -0.25) is 4.79 Å². The van der Waals surface area contributed by atoms with Crippen LogP contribution < -0.4 is 16.4 Å². The molecule has 0 aliphatic rings. The Balaban J connectivity index is 1.75. The van der Waals surface area contributed by atoms with Gasteiger partial charge in [0.25, 0.3) is 0 Å². The van der Waals surface area contributed by atoms with E-state index in [2.05, 4.69) is 10.6 Å². The van der Waals surface area contributed by atoms with Crippen LogP contribution in [0.3, 0.4) is 0 Å². The minimum atomic E-state index is -0.972. The molecule has 146 valence electrons. The summed E-state index contributed by atoms with van der Waals surface area (Å²) < 4.78 is 26.4. The number of aliphatic hydroxyl groups is 1. The van der Waals surface area contributed by atoms with E-state index in [0.717, 1.165) is 11.6 Å². The summed E-state index contributed by atoms with van der Waals surface area (Å²) in [5.41, 5.74) is 7.27. The molecule has 0 aliphatic carbocycles. The lowest BCUT2D eigenvalue weighted by Gasteiger charge is -2.22. The number of hydrogen-bond acceptors (Lipinski definition) is 4. The molecule has 2 aromatic rings. The monoisotopic (exact) mass is 377 g/mol. The fourth-order valence-corrected chi connectivity index (χ4v) is 2.62. The Labute approximate surface area is 157 Å². The summed E-state index contributed by atoms with van der Waals surface area (Å²) in [5.74, 6) is -1.58. The minimum absolute atomic E-state index is 0.0822. The van der Waals surface area contributed by atoms with Gasteiger partial charge in [0.2, 0.25) is 5.91 Å². The molecule has 2 aromatic carbocycles. The average Bonchev–Trinajstić information content (AvgIpc) is 2.63. The summed E-state index contributed by atoms with van der Waals surface area (Å²) in [5, 5.41) is 15.9. The number of nitrogens with one attached hydrogen (secondary N) is 2. The zero-order valence-corrected chi connectivity index (χ0v) is 15.2. The summed E-state index contributed by atoms with van der Waals surface area (Å²) in [6.07, 6.45) is -0.854. The minimum Gasteiger partial charge on any atom is -0.390 e. The topological polar surface area (TPSA) is 87.4 Å². The van der Waals surface area contributed by atoms with Gasteiger partial charge in [0.1, 0.15) is 11.6 Å². The predicted molar refractivity (Wildman–Crippen MR) is 99.8 cm³/mol. The van der Waals surface area contributed by atoms with E-state index in [4.69, 9.17) is 5.73 Å². The van der Waals surface area contributed by atoms with Gasteiger partial charge in [-0.25, -0.2) is 8.78 Å². The lowest BCUT2D eigenvalue weighted by molar-refractivity contribution is -0.123. The first kappa shape index (κ1) is 21.0. The van der Waals surface area contributed by atoms with Crippen LogP contribution >= 0.6 is 0 Å². The summed E-state index contributed by atoms with van der Waals surface area (Å²) in [6.45, 7) is 2.18. The lowest BCUT2D eigenvalue weighted by Crippen LogP contribution is -2.49. The first-order valence-corrected chi connectivity index (χ1v) is 8.79. The Bertz CT molecular complexity index is 723. The van der Waals surface area contributed by atoms with Gasteiger partial charge in [0.05, 0.1) is 12.1 Å². The Morgan fingerprint density at radius 3 is 2.37 bits per heavy atom. The van der Waals surface area contributed by atoms with E-state index < -0.39 is 29.8 Å².